The normalized spacial score (nSPS) is 30.5. The molecule has 188 valence electrons. The Morgan fingerprint density at radius 1 is 0.914 bits per heavy atom. The largest absolute Gasteiger partial charge is 0.353 e. The van der Waals surface area contributed by atoms with Gasteiger partial charge in [-0.15, -0.1) is 0 Å². The van der Waals surface area contributed by atoms with Gasteiger partial charge in [-0.1, -0.05) is 38.8 Å². The molecule has 1 aromatic heterocycles. The molecule has 3 heterocycles. The molecule has 4 unspecified atom stereocenters. The minimum Gasteiger partial charge on any atom is -0.353 e. The van der Waals surface area contributed by atoms with Crippen LogP contribution in [0.3, 0.4) is 0 Å². The van der Waals surface area contributed by atoms with E-state index in [0.717, 1.165) is 70.6 Å². The molecule has 2 aliphatic carbocycles. The molecule has 2 aliphatic heterocycles. The van der Waals surface area contributed by atoms with Gasteiger partial charge in [0.25, 0.3) is 0 Å². The first-order chi connectivity index (χ1) is 17.1. The summed E-state index contributed by atoms with van der Waals surface area (Å²) in [5.74, 6) is 3.29. The number of piperazine rings is 1. The Kier molecular flexibility index (Phi) is 6.33. The lowest BCUT2D eigenvalue weighted by Crippen LogP contribution is -2.49. The fourth-order valence-electron chi connectivity index (χ4n) is 7.68. The van der Waals surface area contributed by atoms with Gasteiger partial charge in [0.1, 0.15) is 5.82 Å². The maximum absolute atomic E-state index is 13.3. The van der Waals surface area contributed by atoms with E-state index in [1.54, 1.807) is 16.4 Å². The second-order valence-corrected chi connectivity index (χ2v) is 12.1. The topological polar surface area (TPSA) is 56.8 Å². The number of likely N-dealkylation sites (tertiary alicyclic amines) is 1. The molecule has 35 heavy (non-hydrogen) atoms. The maximum atomic E-state index is 13.3. The number of nitrogens with zero attached hydrogens (tertiary/aromatic N) is 4. The van der Waals surface area contributed by atoms with Gasteiger partial charge in [0.05, 0.1) is 16.5 Å². The Morgan fingerprint density at radius 3 is 2.20 bits per heavy atom. The molecule has 6 atom stereocenters. The van der Waals surface area contributed by atoms with Gasteiger partial charge >= 0.3 is 0 Å². The van der Waals surface area contributed by atoms with Gasteiger partial charge in [-0.05, 0) is 66.6 Å². The van der Waals surface area contributed by atoms with E-state index in [-0.39, 0.29) is 23.7 Å². The van der Waals surface area contributed by atoms with Crippen LogP contribution in [0.5, 0.6) is 0 Å². The summed E-state index contributed by atoms with van der Waals surface area (Å²) < 4.78 is 6.01. The molecule has 0 radical (unpaired) electrons. The smallest absolute Gasteiger partial charge is 0.233 e. The van der Waals surface area contributed by atoms with Crippen molar-refractivity contribution in [1.29, 1.82) is 0 Å². The summed E-state index contributed by atoms with van der Waals surface area (Å²) in [7, 11) is 0. The third-order valence-electron chi connectivity index (χ3n) is 9.67. The standard InChI is InChI=1S/C28H38N4O2S/c1-3-18(16-30-11-13-31(14-12-30)26-22-7-5-6-8-23(22)35-29-26)19(4-2)17-32-27(33)24-20-9-10-21(15-20)25(24)28(32)34/h5-8,18-21,24-25H,3-4,9-17H2,1-2H3/t18?,19?,20-,21+,24?,25?. The molecule has 0 N–H and O–H groups in total. The Balaban J connectivity index is 1.07. The molecule has 4 fully saturated rings. The molecule has 1 aromatic carbocycles. The number of imide groups is 1. The lowest BCUT2D eigenvalue weighted by Gasteiger charge is -2.38. The number of fused-ring (bicyclic) bond motifs is 6. The molecule has 2 aromatic rings. The van der Waals surface area contributed by atoms with Crippen LogP contribution in [-0.4, -0.2) is 65.3 Å². The van der Waals surface area contributed by atoms with Crippen LogP contribution in [0.1, 0.15) is 46.0 Å². The summed E-state index contributed by atoms with van der Waals surface area (Å²) in [6, 6.07) is 8.51. The summed E-state index contributed by atoms with van der Waals surface area (Å²) in [4.78, 5) is 33.2. The van der Waals surface area contributed by atoms with Crippen molar-refractivity contribution in [2.45, 2.75) is 46.0 Å². The molecular weight excluding hydrogens is 456 g/mol. The lowest BCUT2D eigenvalue weighted by molar-refractivity contribution is -0.141. The summed E-state index contributed by atoms with van der Waals surface area (Å²) in [6.07, 6.45) is 5.51. The molecule has 2 saturated carbocycles. The number of benzene rings is 1. The van der Waals surface area contributed by atoms with Crippen LogP contribution in [0.25, 0.3) is 10.1 Å². The van der Waals surface area contributed by atoms with E-state index in [4.69, 9.17) is 4.37 Å². The van der Waals surface area contributed by atoms with Crippen molar-refractivity contribution < 1.29 is 9.59 Å². The van der Waals surface area contributed by atoms with E-state index in [9.17, 15) is 9.59 Å². The number of rotatable bonds is 8. The van der Waals surface area contributed by atoms with Gasteiger partial charge in [0.2, 0.25) is 11.8 Å². The van der Waals surface area contributed by atoms with Gasteiger partial charge in [-0.3, -0.25) is 19.4 Å². The number of anilines is 1. The first kappa shape index (κ1) is 23.4. The van der Waals surface area contributed by atoms with Gasteiger partial charge in [-0.2, -0.15) is 4.37 Å². The van der Waals surface area contributed by atoms with Gasteiger partial charge in [-0.25, -0.2) is 0 Å². The summed E-state index contributed by atoms with van der Waals surface area (Å²) in [6.45, 7) is 10.2. The number of carbonyl (C=O) groups is 2. The van der Waals surface area contributed by atoms with E-state index in [0.29, 0.717) is 30.2 Å². The van der Waals surface area contributed by atoms with Gasteiger partial charge < -0.3 is 4.90 Å². The van der Waals surface area contributed by atoms with Crippen LogP contribution in [0, 0.1) is 35.5 Å². The highest BCUT2D eigenvalue weighted by Gasteiger charge is 2.60. The summed E-state index contributed by atoms with van der Waals surface area (Å²) >= 11 is 1.59. The summed E-state index contributed by atoms with van der Waals surface area (Å²) in [5, 5.41) is 1.27. The average molecular weight is 495 g/mol. The summed E-state index contributed by atoms with van der Waals surface area (Å²) in [5.41, 5.74) is 0. The first-order valence-electron chi connectivity index (χ1n) is 13.8. The highest BCUT2D eigenvalue weighted by molar-refractivity contribution is 7.13. The van der Waals surface area contributed by atoms with Crippen LogP contribution < -0.4 is 4.90 Å². The zero-order chi connectivity index (χ0) is 24.1. The van der Waals surface area contributed by atoms with Crippen LogP contribution in [0.2, 0.25) is 0 Å². The highest BCUT2D eigenvalue weighted by Crippen LogP contribution is 2.56. The van der Waals surface area contributed by atoms with Crippen LogP contribution in [0.15, 0.2) is 24.3 Å². The zero-order valence-corrected chi connectivity index (χ0v) is 21.9. The Hall–Kier alpha value is -1.99. The van der Waals surface area contributed by atoms with Crippen molar-refractivity contribution in [3.8, 4) is 0 Å². The molecule has 2 saturated heterocycles. The van der Waals surface area contributed by atoms with Crippen molar-refractivity contribution in [3.05, 3.63) is 24.3 Å². The van der Waals surface area contributed by atoms with E-state index in [1.807, 2.05) is 0 Å². The number of carbonyl (C=O) groups excluding carboxylic acids is 2. The van der Waals surface area contributed by atoms with Crippen LogP contribution in [0.4, 0.5) is 5.82 Å². The number of aromatic nitrogens is 1. The first-order valence-corrected chi connectivity index (χ1v) is 14.5. The predicted octanol–water partition coefficient (Wildman–Crippen LogP) is 4.50. The van der Waals surface area contributed by atoms with Crippen LogP contribution >= 0.6 is 11.5 Å². The third-order valence-corrected chi connectivity index (χ3v) is 10.5. The van der Waals surface area contributed by atoms with E-state index in [2.05, 4.69) is 47.9 Å². The molecule has 2 bridgehead atoms. The molecule has 6 nitrogen and oxygen atoms in total. The van der Waals surface area contributed by atoms with E-state index < -0.39 is 0 Å². The lowest BCUT2D eigenvalue weighted by atomic mass is 9.81. The molecule has 7 heteroatoms. The average Bonchev–Trinajstić information content (AvgIpc) is 3.66. The maximum Gasteiger partial charge on any atom is 0.233 e. The van der Waals surface area contributed by atoms with Crippen molar-refractivity contribution in [1.82, 2.24) is 14.2 Å². The van der Waals surface area contributed by atoms with Crippen molar-refractivity contribution in [2.75, 3.05) is 44.2 Å². The van der Waals surface area contributed by atoms with Crippen LogP contribution in [-0.2, 0) is 9.59 Å². The fourth-order valence-corrected chi connectivity index (χ4v) is 8.48. The molecule has 0 spiro atoms. The minimum absolute atomic E-state index is 0.00806. The predicted molar refractivity (Wildman–Crippen MR) is 140 cm³/mol. The highest BCUT2D eigenvalue weighted by atomic mass is 32.1. The van der Waals surface area contributed by atoms with E-state index in [1.165, 1.54) is 10.1 Å². The SMILES string of the molecule is CCC(CN1CCN(c2nsc3ccccc23)CC1)C(CC)CN1C(=O)C2C(C1=O)[C@H]1CC[C@@H]2C1. The van der Waals surface area contributed by atoms with Crippen molar-refractivity contribution in [2.24, 2.45) is 35.5 Å². The second-order valence-electron chi connectivity index (χ2n) is 11.3. The van der Waals surface area contributed by atoms with Gasteiger partial charge in [0.15, 0.2) is 0 Å². The minimum atomic E-state index is 0.00806. The van der Waals surface area contributed by atoms with Gasteiger partial charge in [0, 0.05) is 44.7 Å². The molecular formula is C28H38N4O2S. The number of hydrogen-bond donors (Lipinski definition) is 0. The molecule has 6 rings (SSSR count). The number of hydrogen-bond acceptors (Lipinski definition) is 6. The second kappa shape index (κ2) is 9.47. The van der Waals surface area contributed by atoms with Crippen molar-refractivity contribution >= 4 is 39.3 Å². The zero-order valence-electron chi connectivity index (χ0n) is 21.1. The Morgan fingerprint density at radius 2 is 1.54 bits per heavy atom. The molecule has 2 amide bonds. The fraction of sp³-hybridized carbons (Fsp3) is 0.679. The number of amides is 2. The Bertz CT molecular complexity index is 1070. The van der Waals surface area contributed by atoms with E-state index >= 15 is 0 Å². The quantitative estimate of drug-likeness (QED) is 0.506. The van der Waals surface area contributed by atoms with Crippen molar-refractivity contribution in [3.63, 3.8) is 0 Å². The molecule has 4 aliphatic rings. The third kappa shape index (κ3) is 3.99. The Labute approximate surface area is 212 Å². The monoisotopic (exact) mass is 494 g/mol.